The minimum absolute atomic E-state index is 0.559. The van der Waals surface area contributed by atoms with E-state index in [4.69, 9.17) is 0 Å². The summed E-state index contributed by atoms with van der Waals surface area (Å²) in [6.45, 7) is 7.80. The maximum absolute atomic E-state index is 3.63. The molecule has 2 rings (SSSR count). The maximum Gasteiger partial charge on any atom is 0.0331 e. The van der Waals surface area contributed by atoms with E-state index in [2.05, 4.69) is 56.0 Å². The fourth-order valence-corrected chi connectivity index (χ4v) is 3.46. The van der Waals surface area contributed by atoms with Gasteiger partial charge in [-0.05, 0) is 41.3 Å². The van der Waals surface area contributed by atoms with Crippen molar-refractivity contribution >= 4 is 11.8 Å². The lowest BCUT2D eigenvalue weighted by Crippen LogP contribution is -2.21. The zero-order valence-electron chi connectivity index (χ0n) is 11.1. The third-order valence-corrected chi connectivity index (χ3v) is 4.51. The summed E-state index contributed by atoms with van der Waals surface area (Å²) in [4.78, 5) is 0. The van der Waals surface area contributed by atoms with Gasteiger partial charge in [-0.25, -0.2) is 0 Å². The van der Waals surface area contributed by atoms with Crippen molar-refractivity contribution in [1.82, 2.24) is 5.32 Å². The minimum Gasteiger partial charge on any atom is -0.310 e. The first-order chi connectivity index (χ1) is 8.22. The monoisotopic (exact) mass is 249 g/mol. The molecule has 0 saturated carbocycles. The molecule has 0 fully saturated rings. The fourth-order valence-electron chi connectivity index (χ4n) is 2.43. The number of rotatable bonds is 3. The van der Waals surface area contributed by atoms with Crippen molar-refractivity contribution in [2.45, 2.75) is 44.9 Å². The molecule has 1 N–H and O–H groups in total. The Bertz CT molecular complexity index is 373. The van der Waals surface area contributed by atoms with E-state index in [1.165, 1.54) is 29.1 Å². The van der Waals surface area contributed by atoms with Crippen LogP contribution in [0.2, 0.25) is 0 Å². The molecule has 17 heavy (non-hydrogen) atoms. The van der Waals surface area contributed by atoms with Gasteiger partial charge in [-0.3, -0.25) is 0 Å². The van der Waals surface area contributed by atoms with Crippen LogP contribution in [0, 0.1) is 0 Å². The number of nitrogens with one attached hydrogen (secondary N) is 1. The molecule has 0 amide bonds. The molecule has 1 nitrogen and oxygen atoms in total. The van der Waals surface area contributed by atoms with Crippen molar-refractivity contribution in [2.75, 3.05) is 12.3 Å². The van der Waals surface area contributed by atoms with E-state index < -0.39 is 0 Å². The van der Waals surface area contributed by atoms with Crippen LogP contribution >= 0.6 is 11.8 Å². The Kier molecular flexibility index (Phi) is 4.52. The predicted octanol–water partition coefficient (Wildman–Crippen LogP) is 4.10. The van der Waals surface area contributed by atoms with Crippen LogP contribution in [0.1, 0.15) is 55.8 Å². The van der Waals surface area contributed by atoms with Crippen molar-refractivity contribution in [2.24, 2.45) is 0 Å². The average Bonchev–Trinajstić information content (AvgIpc) is 2.52. The maximum atomic E-state index is 3.63. The Morgan fingerprint density at radius 2 is 2.24 bits per heavy atom. The highest BCUT2D eigenvalue weighted by atomic mass is 32.2. The van der Waals surface area contributed by atoms with Crippen molar-refractivity contribution in [3.8, 4) is 0 Å². The molecule has 0 spiro atoms. The van der Waals surface area contributed by atoms with Crippen LogP contribution in [0.3, 0.4) is 0 Å². The molecule has 1 atom stereocenters. The van der Waals surface area contributed by atoms with Crippen LogP contribution in [0.15, 0.2) is 18.2 Å². The van der Waals surface area contributed by atoms with Gasteiger partial charge in [0.25, 0.3) is 0 Å². The Morgan fingerprint density at radius 1 is 1.41 bits per heavy atom. The number of fused-ring (bicyclic) bond motifs is 1. The van der Waals surface area contributed by atoms with Gasteiger partial charge in [0.2, 0.25) is 0 Å². The lowest BCUT2D eigenvalue weighted by Gasteiger charge is -2.20. The molecule has 94 valence electrons. The van der Waals surface area contributed by atoms with Gasteiger partial charge < -0.3 is 5.32 Å². The summed E-state index contributed by atoms with van der Waals surface area (Å²) in [6.07, 6.45) is 1.26. The number of benzene rings is 1. The Labute approximate surface area is 109 Å². The molecule has 1 unspecified atom stereocenters. The highest BCUT2D eigenvalue weighted by Crippen LogP contribution is 2.32. The summed E-state index contributed by atoms with van der Waals surface area (Å²) in [5.41, 5.74) is 4.55. The van der Waals surface area contributed by atoms with Gasteiger partial charge in [-0.2, -0.15) is 11.8 Å². The normalized spacial score (nSPS) is 20.1. The largest absolute Gasteiger partial charge is 0.310 e. The third-order valence-electron chi connectivity index (χ3n) is 3.47. The summed E-state index contributed by atoms with van der Waals surface area (Å²) in [5.74, 6) is 3.07. The van der Waals surface area contributed by atoms with Gasteiger partial charge in [0.1, 0.15) is 0 Å². The summed E-state index contributed by atoms with van der Waals surface area (Å²) >= 11 is 2.06. The van der Waals surface area contributed by atoms with Gasteiger partial charge >= 0.3 is 0 Å². The second-order valence-electron chi connectivity index (χ2n) is 5.06. The molecule has 0 bridgehead atoms. The van der Waals surface area contributed by atoms with E-state index in [1.807, 2.05) is 0 Å². The molecule has 0 aromatic heterocycles. The zero-order valence-corrected chi connectivity index (χ0v) is 11.9. The van der Waals surface area contributed by atoms with E-state index in [1.54, 1.807) is 5.56 Å². The smallest absolute Gasteiger partial charge is 0.0331 e. The zero-order chi connectivity index (χ0) is 12.3. The van der Waals surface area contributed by atoms with Crippen molar-refractivity contribution in [1.29, 1.82) is 0 Å². The third kappa shape index (κ3) is 3.05. The fraction of sp³-hybridized carbons (Fsp3) is 0.600. The molecule has 1 heterocycles. The van der Waals surface area contributed by atoms with E-state index in [0.717, 1.165) is 6.54 Å². The Morgan fingerprint density at radius 3 is 2.94 bits per heavy atom. The first-order valence-electron chi connectivity index (χ1n) is 6.66. The van der Waals surface area contributed by atoms with Gasteiger partial charge in [0.15, 0.2) is 0 Å². The summed E-state index contributed by atoms with van der Waals surface area (Å²) in [6, 6.07) is 7.63. The second-order valence-corrected chi connectivity index (χ2v) is 6.17. The standard InChI is InChI=1S/C15H23NS/c1-4-16-15-7-8-17-10-13-6-5-12(11(2)3)9-14(13)15/h5-6,9,11,15-16H,4,7-8,10H2,1-3H3. The molecule has 1 aromatic rings. The molecular weight excluding hydrogens is 226 g/mol. The SMILES string of the molecule is CCNC1CCSCc2ccc(C(C)C)cc21. The van der Waals surface area contributed by atoms with Crippen LogP contribution in [-0.4, -0.2) is 12.3 Å². The average molecular weight is 249 g/mol. The number of thioether (sulfide) groups is 1. The van der Waals surface area contributed by atoms with Crippen molar-refractivity contribution < 1.29 is 0 Å². The first kappa shape index (κ1) is 13.0. The molecule has 1 aliphatic heterocycles. The van der Waals surface area contributed by atoms with E-state index in [0.29, 0.717) is 12.0 Å². The van der Waals surface area contributed by atoms with Gasteiger partial charge in [0.05, 0.1) is 0 Å². The van der Waals surface area contributed by atoms with Gasteiger partial charge in [-0.1, -0.05) is 39.0 Å². The molecular formula is C15H23NS. The van der Waals surface area contributed by atoms with Crippen molar-refractivity contribution in [3.63, 3.8) is 0 Å². The highest BCUT2D eigenvalue weighted by Gasteiger charge is 2.18. The summed E-state index contributed by atoms with van der Waals surface area (Å²) < 4.78 is 0. The van der Waals surface area contributed by atoms with Crippen LogP contribution in [0.25, 0.3) is 0 Å². The van der Waals surface area contributed by atoms with E-state index >= 15 is 0 Å². The van der Waals surface area contributed by atoms with Crippen molar-refractivity contribution in [3.05, 3.63) is 34.9 Å². The summed E-state index contributed by atoms with van der Waals surface area (Å²) in [5, 5.41) is 3.63. The van der Waals surface area contributed by atoms with Crippen LogP contribution in [0.4, 0.5) is 0 Å². The van der Waals surface area contributed by atoms with E-state index in [9.17, 15) is 0 Å². The second kappa shape index (κ2) is 5.92. The lowest BCUT2D eigenvalue weighted by molar-refractivity contribution is 0.540. The molecule has 1 aliphatic rings. The molecule has 1 aromatic carbocycles. The van der Waals surface area contributed by atoms with Crippen LogP contribution < -0.4 is 5.32 Å². The first-order valence-corrected chi connectivity index (χ1v) is 7.81. The number of hydrogen-bond donors (Lipinski definition) is 1. The quantitative estimate of drug-likeness (QED) is 0.865. The number of hydrogen-bond acceptors (Lipinski definition) is 2. The predicted molar refractivity (Wildman–Crippen MR) is 77.7 cm³/mol. The van der Waals surface area contributed by atoms with Crippen LogP contribution in [-0.2, 0) is 5.75 Å². The lowest BCUT2D eigenvalue weighted by atomic mass is 9.93. The van der Waals surface area contributed by atoms with Gasteiger partial charge in [0, 0.05) is 11.8 Å². The van der Waals surface area contributed by atoms with Crippen LogP contribution in [0.5, 0.6) is 0 Å². The Balaban J connectivity index is 2.35. The minimum atomic E-state index is 0.559. The molecule has 2 heteroatoms. The molecule has 0 radical (unpaired) electrons. The highest BCUT2D eigenvalue weighted by molar-refractivity contribution is 7.98. The molecule has 0 aliphatic carbocycles. The molecule has 0 saturated heterocycles. The topological polar surface area (TPSA) is 12.0 Å². The van der Waals surface area contributed by atoms with E-state index in [-0.39, 0.29) is 0 Å². The Hall–Kier alpha value is -0.470. The summed E-state index contributed by atoms with van der Waals surface area (Å²) in [7, 11) is 0. The van der Waals surface area contributed by atoms with Gasteiger partial charge in [-0.15, -0.1) is 0 Å².